The third kappa shape index (κ3) is 4.88. The lowest BCUT2D eigenvalue weighted by molar-refractivity contribution is 0.105. The van der Waals surface area contributed by atoms with Gasteiger partial charge in [-0.25, -0.2) is 0 Å². The van der Waals surface area contributed by atoms with Gasteiger partial charge in [-0.2, -0.15) is 0 Å². The van der Waals surface area contributed by atoms with Gasteiger partial charge in [-0.05, 0) is 32.4 Å². The summed E-state index contributed by atoms with van der Waals surface area (Å²) in [4.78, 5) is 0. The number of nitrogens with zero attached hydrogens (tertiary/aromatic N) is 1. The average Bonchev–Trinajstić information content (AvgIpc) is 2.83. The largest absolute Gasteiger partial charge is 0.491 e. The molecule has 5 heteroatoms. The molecule has 114 valence electrons. The molecule has 0 bridgehead atoms. The average molecular weight is 290 g/mol. The van der Waals surface area contributed by atoms with Crippen LogP contribution < -0.4 is 10.1 Å². The molecule has 2 rings (SSSR count). The van der Waals surface area contributed by atoms with Crippen LogP contribution in [-0.4, -0.2) is 29.5 Å². The van der Waals surface area contributed by atoms with Gasteiger partial charge < -0.3 is 19.7 Å². The number of aliphatic hydroxyl groups excluding tert-OH is 1. The Bertz CT molecular complexity index is 581. The molecule has 1 heterocycles. The second-order valence-electron chi connectivity index (χ2n) is 5.30. The van der Waals surface area contributed by atoms with Crippen LogP contribution in [0.2, 0.25) is 0 Å². The maximum Gasteiger partial charge on any atom is 0.150 e. The van der Waals surface area contributed by atoms with Crippen molar-refractivity contribution in [1.82, 2.24) is 10.5 Å². The summed E-state index contributed by atoms with van der Waals surface area (Å²) < 4.78 is 10.7. The van der Waals surface area contributed by atoms with Crippen molar-refractivity contribution in [2.24, 2.45) is 0 Å². The molecule has 1 aromatic heterocycles. The number of aromatic nitrogens is 1. The number of hydrogen-bond donors (Lipinski definition) is 2. The van der Waals surface area contributed by atoms with Crippen molar-refractivity contribution in [1.29, 1.82) is 0 Å². The maximum atomic E-state index is 9.91. The molecule has 2 N–H and O–H groups in total. The van der Waals surface area contributed by atoms with Crippen molar-refractivity contribution in [2.45, 2.75) is 33.4 Å². The first kappa shape index (κ1) is 15.5. The molecule has 21 heavy (non-hydrogen) atoms. The highest BCUT2D eigenvalue weighted by Gasteiger charge is 2.07. The summed E-state index contributed by atoms with van der Waals surface area (Å²) in [6, 6.07) is 7.86. The summed E-state index contributed by atoms with van der Waals surface area (Å²) in [7, 11) is 0. The zero-order valence-corrected chi connectivity index (χ0v) is 12.7. The molecule has 0 saturated carbocycles. The number of benzene rings is 1. The molecule has 1 aromatic carbocycles. The van der Waals surface area contributed by atoms with Gasteiger partial charge in [0.2, 0.25) is 0 Å². The number of rotatable bonds is 7. The Morgan fingerprint density at radius 1 is 1.29 bits per heavy atom. The van der Waals surface area contributed by atoms with Gasteiger partial charge >= 0.3 is 0 Å². The van der Waals surface area contributed by atoms with E-state index in [4.69, 9.17) is 9.26 Å². The monoisotopic (exact) mass is 290 g/mol. The molecule has 1 atom stereocenters. The molecule has 1 unspecified atom stereocenters. The molecule has 0 spiro atoms. The van der Waals surface area contributed by atoms with Gasteiger partial charge in [0.25, 0.3) is 0 Å². The minimum absolute atomic E-state index is 0.256. The van der Waals surface area contributed by atoms with Gasteiger partial charge in [0.05, 0.1) is 12.2 Å². The van der Waals surface area contributed by atoms with E-state index in [0.717, 1.165) is 22.8 Å². The highest BCUT2D eigenvalue weighted by Crippen LogP contribution is 2.18. The van der Waals surface area contributed by atoms with E-state index >= 15 is 0 Å². The van der Waals surface area contributed by atoms with Crippen LogP contribution in [-0.2, 0) is 6.54 Å². The Kier molecular flexibility index (Phi) is 5.36. The van der Waals surface area contributed by atoms with Crippen LogP contribution in [0.15, 0.2) is 28.8 Å². The van der Waals surface area contributed by atoms with Crippen LogP contribution >= 0.6 is 0 Å². The Hall–Kier alpha value is -1.85. The van der Waals surface area contributed by atoms with Gasteiger partial charge in [-0.3, -0.25) is 0 Å². The number of aryl methyl sites for hydroxylation is 3. The van der Waals surface area contributed by atoms with Crippen molar-refractivity contribution >= 4 is 0 Å². The van der Waals surface area contributed by atoms with E-state index in [1.165, 1.54) is 5.56 Å². The molecular weight excluding hydrogens is 268 g/mol. The second kappa shape index (κ2) is 7.24. The van der Waals surface area contributed by atoms with Crippen LogP contribution in [0.4, 0.5) is 0 Å². The molecule has 0 fully saturated rings. The van der Waals surface area contributed by atoms with Gasteiger partial charge in [-0.15, -0.1) is 0 Å². The van der Waals surface area contributed by atoms with Crippen LogP contribution in [0, 0.1) is 20.8 Å². The molecule has 0 saturated heterocycles. The normalized spacial score (nSPS) is 12.4. The van der Waals surface area contributed by atoms with E-state index in [0.29, 0.717) is 13.1 Å². The number of ether oxygens (including phenoxy) is 1. The summed E-state index contributed by atoms with van der Waals surface area (Å²) in [6.07, 6.45) is -0.574. The Morgan fingerprint density at radius 3 is 2.76 bits per heavy atom. The van der Waals surface area contributed by atoms with Crippen molar-refractivity contribution in [3.05, 3.63) is 46.8 Å². The zero-order chi connectivity index (χ0) is 15.2. The summed E-state index contributed by atoms with van der Waals surface area (Å²) in [5.41, 5.74) is 3.13. The van der Waals surface area contributed by atoms with Crippen LogP contribution in [0.25, 0.3) is 0 Å². The van der Waals surface area contributed by atoms with Crippen LogP contribution in [0.5, 0.6) is 5.75 Å². The lowest BCUT2D eigenvalue weighted by Crippen LogP contribution is -2.31. The van der Waals surface area contributed by atoms with Gasteiger partial charge in [0.15, 0.2) is 5.76 Å². The molecular formula is C16H22N2O3. The molecule has 0 aliphatic rings. The number of nitrogens with one attached hydrogen (secondary N) is 1. The number of aliphatic hydroxyl groups is 1. The van der Waals surface area contributed by atoms with E-state index in [1.54, 1.807) is 0 Å². The van der Waals surface area contributed by atoms with Crippen molar-refractivity contribution in [3.63, 3.8) is 0 Å². The van der Waals surface area contributed by atoms with Crippen molar-refractivity contribution in [2.75, 3.05) is 13.2 Å². The molecule has 0 aliphatic carbocycles. The maximum absolute atomic E-state index is 9.91. The zero-order valence-electron chi connectivity index (χ0n) is 12.7. The third-order valence-corrected chi connectivity index (χ3v) is 3.12. The van der Waals surface area contributed by atoms with E-state index in [2.05, 4.69) is 16.5 Å². The molecule has 5 nitrogen and oxygen atoms in total. The van der Waals surface area contributed by atoms with Gasteiger partial charge in [-0.1, -0.05) is 22.9 Å². The predicted octanol–water partition coefficient (Wildman–Crippen LogP) is 2.13. The highest BCUT2D eigenvalue weighted by atomic mass is 16.5. The topological polar surface area (TPSA) is 67.5 Å². The predicted molar refractivity (Wildman–Crippen MR) is 80.4 cm³/mol. The fourth-order valence-corrected chi connectivity index (χ4v) is 2.07. The Balaban J connectivity index is 1.70. The molecule has 0 aliphatic heterocycles. The van der Waals surface area contributed by atoms with E-state index in [1.807, 2.05) is 39.0 Å². The minimum atomic E-state index is -0.574. The first-order chi connectivity index (χ1) is 10.0. The Morgan fingerprint density at radius 2 is 2.10 bits per heavy atom. The van der Waals surface area contributed by atoms with Gasteiger partial charge in [0.1, 0.15) is 18.5 Å². The summed E-state index contributed by atoms with van der Waals surface area (Å²) in [6.45, 7) is 7.15. The fourth-order valence-electron chi connectivity index (χ4n) is 2.07. The summed E-state index contributed by atoms with van der Waals surface area (Å²) in [5, 5.41) is 16.8. The summed E-state index contributed by atoms with van der Waals surface area (Å²) in [5.74, 6) is 1.57. The smallest absolute Gasteiger partial charge is 0.150 e. The molecule has 0 amide bonds. The second-order valence-corrected chi connectivity index (χ2v) is 5.30. The van der Waals surface area contributed by atoms with Crippen molar-refractivity contribution in [3.8, 4) is 5.75 Å². The SMILES string of the molecule is Cc1ccc(OCC(O)CNCc2cc(C)no2)c(C)c1. The van der Waals surface area contributed by atoms with E-state index in [9.17, 15) is 5.11 Å². The molecule has 2 aromatic rings. The minimum Gasteiger partial charge on any atom is -0.491 e. The quantitative estimate of drug-likeness (QED) is 0.817. The fraction of sp³-hybridized carbons (Fsp3) is 0.438. The first-order valence-electron chi connectivity index (χ1n) is 7.05. The summed E-state index contributed by atoms with van der Waals surface area (Å²) >= 11 is 0. The van der Waals surface area contributed by atoms with Crippen LogP contribution in [0.3, 0.4) is 0 Å². The Labute approximate surface area is 124 Å². The third-order valence-electron chi connectivity index (χ3n) is 3.12. The standard InChI is InChI=1S/C16H22N2O3/c1-11-4-5-16(12(2)6-11)20-10-14(19)8-17-9-15-7-13(3)18-21-15/h4-7,14,17,19H,8-10H2,1-3H3. The van der Waals surface area contributed by atoms with E-state index in [-0.39, 0.29) is 6.61 Å². The van der Waals surface area contributed by atoms with Crippen LogP contribution in [0.1, 0.15) is 22.6 Å². The highest BCUT2D eigenvalue weighted by molar-refractivity contribution is 5.35. The van der Waals surface area contributed by atoms with E-state index < -0.39 is 6.10 Å². The number of hydrogen-bond acceptors (Lipinski definition) is 5. The molecule has 0 radical (unpaired) electrons. The van der Waals surface area contributed by atoms with Crippen molar-refractivity contribution < 1.29 is 14.4 Å². The lowest BCUT2D eigenvalue weighted by Gasteiger charge is -2.14. The first-order valence-corrected chi connectivity index (χ1v) is 7.05. The van der Waals surface area contributed by atoms with Gasteiger partial charge in [0, 0.05) is 12.6 Å². The lowest BCUT2D eigenvalue weighted by atomic mass is 10.1.